The summed E-state index contributed by atoms with van der Waals surface area (Å²) in [5, 5.41) is 3.41. The lowest BCUT2D eigenvalue weighted by atomic mass is 10.2. The number of nitrogens with zero attached hydrogens (tertiary/aromatic N) is 3. The fraction of sp³-hybridized carbons (Fsp3) is 0.250. The Morgan fingerprint density at radius 3 is 2.95 bits per heavy atom. The van der Waals surface area contributed by atoms with E-state index in [1.807, 2.05) is 28.8 Å². The van der Waals surface area contributed by atoms with E-state index in [1.54, 1.807) is 12.4 Å². The molecule has 4 rings (SSSR count). The van der Waals surface area contributed by atoms with Crippen LogP contribution in [0.25, 0.3) is 16.9 Å². The number of hydrogen-bond donors (Lipinski definition) is 1. The summed E-state index contributed by atoms with van der Waals surface area (Å²) in [5.74, 6) is 0.425. The van der Waals surface area contributed by atoms with Crippen molar-refractivity contribution in [3.63, 3.8) is 0 Å². The van der Waals surface area contributed by atoms with Crippen molar-refractivity contribution in [3.05, 3.63) is 54.2 Å². The van der Waals surface area contributed by atoms with Crippen LogP contribution in [0.2, 0.25) is 0 Å². The second kappa shape index (κ2) is 4.93. The van der Waals surface area contributed by atoms with Crippen LogP contribution in [0.1, 0.15) is 18.4 Å². The largest absolute Gasteiger partial charge is 0.310 e. The topological polar surface area (TPSA) is 42.7 Å². The number of fused-ring (bicyclic) bond motifs is 1. The summed E-state index contributed by atoms with van der Waals surface area (Å²) in [6.07, 6.45) is 5.40. The second-order valence-corrected chi connectivity index (χ2v) is 5.39. The van der Waals surface area contributed by atoms with Gasteiger partial charge in [0.05, 0.1) is 17.2 Å². The van der Waals surface area contributed by atoms with Crippen molar-refractivity contribution in [1.82, 2.24) is 19.9 Å². The van der Waals surface area contributed by atoms with Gasteiger partial charge >= 0.3 is 0 Å². The molecule has 4 nitrogen and oxygen atoms in total. The Bertz CT molecular complexity index is 792. The summed E-state index contributed by atoms with van der Waals surface area (Å²) < 4.78 is 15.4. The summed E-state index contributed by atoms with van der Waals surface area (Å²) in [5.41, 5.74) is 2.74. The van der Waals surface area contributed by atoms with Crippen molar-refractivity contribution in [1.29, 1.82) is 0 Å². The standard InChI is InChI=1S/C16H15FN4/c17-12-7-11(8-18-13-5-6-13)16(19-9-12)21-10-20-14-3-1-2-4-15(14)21/h1-4,7,9-10,13,18H,5-6,8H2. The van der Waals surface area contributed by atoms with Gasteiger partial charge in [-0.3, -0.25) is 4.57 Å². The van der Waals surface area contributed by atoms with Crippen LogP contribution in [0.15, 0.2) is 42.9 Å². The molecule has 1 saturated carbocycles. The molecule has 0 atom stereocenters. The van der Waals surface area contributed by atoms with Crippen LogP contribution in [0.3, 0.4) is 0 Å². The van der Waals surface area contributed by atoms with Gasteiger partial charge in [0.25, 0.3) is 0 Å². The fourth-order valence-electron chi connectivity index (χ4n) is 2.49. The average Bonchev–Trinajstić information content (AvgIpc) is 3.24. The Labute approximate surface area is 121 Å². The van der Waals surface area contributed by atoms with Crippen LogP contribution < -0.4 is 5.32 Å². The van der Waals surface area contributed by atoms with Crippen molar-refractivity contribution in [2.24, 2.45) is 0 Å². The Morgan fingerprint density at radius 1 is 1.24 bits per heavy atom. The number of halogens is 1. The smallest absolute Gasteiger partial charge is 0.143 e. The van der Waals surface area contributed by atoms with Crippen molar-refractivity contribution in [2.75, 3.05) is 0 Å². The molecule has 1 aromatic carbocycles. The maximum atomic E-state index is 13.5. The van der Waals surface area contributed by atoms with E-state index in [0.29, 0.717) is 12.6 Å². The van der Waals surface area contributed by atoms with Gasteiger partial charge in [-0.25, -0.2) is 14.4 Å². The first kappa shape index (κ1) is 12.5. The molecule has 0 bridgehead atoms. The third-order valence-electron chi connectivity index (χ3n) is 3.75. The number of para-hydroxylation sites is 2. The third kappa shape index (κ3) is 2.40. The molecule has 0 radical (unpaired) electrons. The second-order valence-electron chi connectivity index (χ2n) is 5.39. The summed E-state index contributed by atoms with van der Waals surface area (Å²) >= 11 is 0. The lowest BCUT2D eigenvalue weighted by Crippen LogP contribution is -2.17. The molecule has 1 aliphatic rings. The normalized spacial score (nSPS) is 14.7. The minimum atomic E-state index is -0.309. The fourth-order valence-corrected chi connectivity index (χ4v) is 2.49. The molecule has 2 aromatic heterocycles. The molecular formula is C16H15FN4. The average molecular weight is 282 g/mol. The third-order valence-corrected chi connectivity index (χ3v) is 3.75. The summed E-state index contributed by atoms with van der Waals surface area (Å²) in [6, 6.07) is 9.98. The number of nitrogens with one attached hydrogen (secondary N) is 1. The highest BCUT2D eigenvalue weighted by atomic mass is 19.1. The van der Waals surface area contributed by atoms with E-state index >= 15 is 0 Å². The molecule has 1 N–H and O–H groups in total. The number of rotatable bonds is 4. The van der Waals surface area contributed by atoms with Crippen molar-refractivity contribution < 1.29 is 4.39 Å². The Kier molecular flexibility index (Phi) is 2.93. The molecule has 0 amide bonds. The van der Waals surface area contributed by atoms with Crippen LogP contribution in [0.4, 0.5) is 4.39 Å². The van der Waals surface area contributed by atoms with Gasteiger partial charge in [0.1, 0.15) is 18.0 Å². The molecule has 5 heteroatoms. The minimum absolute atomic E-state index is 0.309. The molecule has 0 unspecified atom stereocenters. The van der Waals surface area contributed by atoms with E-state index in [9.17, 15) is 4.39 Å². The van der Waals surface area contributed by atoms with Crippen LogP contribution in [0, 0.1) is 5.82 Å². The Hall–Kier alpha value is -2.27. The first-order chi connectivity index (χ1) is 10.3. The van der Waals surface area contributed by atoms with Crippen molar-refractivity contribution >= 4 is 11.0 Å². The molecule has 0 spiro atoms. The highest BCUT2D eigenvalue weighted by Crippen LogP contribution is 2.22. The lowest BCUT2D eigenvalue weighted by Gasteiger charge is -2.11. The number of imidazole rings is 1. The van der Waals surface area contributed by atoms with Crippen LogP contribution >= 0.6 is 0 Å². The first-order valence-corrected chi connectivity index (χ1v) is 7.11. The molecule has 3 aromatic rings. The highest BCUT2D eigenvalue weighted by Gasteiger charge is 2.21. The van der Waals surface area contributed by atoms with E-state index in [1.165, 1.54) is 19.0 Å². The van der Waals surface area contributed by atoms with Crippen molar-refractivity contribution in [2.45, 2.75) is 25.4 Å². The zero-order chi connectivity index (χ0) is 14.2. The summed E-state index contributed by atoms with van der Waals surface area (Å²) in [4.78, 5) is 8.65. The highest BCUT2D eigenvalue weighted by molar-refractivity contribution is 5.77. The Morgan fingerprint density at radius 2 is 2.10 bits per heavy atom. The number of benzene rings is 1. The Balaban J connectivity index is 1.79. The predicted molar refractivity (Wildman–Crippen MR) is 78.7 cm³/mol. The molecule has 0 saturated heterocycles. The van der Waals surface area contributed by atoms with E-state index < -0.39 is 0 Å². The van der Waals surface area contributed by atoms with Crippen molar-refractivity contribution in [3.8, 4) is 5.82 Å². The van der Waals surface area contributed by atoms with Gasteiger partial charge in [0.2, 0.25) is 0 Å². The zero-order valence-electron chi connectivity index (χ0n) is 11.5. The maximum Gasteiger partial charge on any atom is 0.143 e. The molecule has 106 valence electrons. The lowest BCUT2D eigenvalue weighted by molar-refractivity contribution is 0.610. The van der Waals surface area contributed by atoms with E-state index in [4.69, 9.17) is 0 Å². The predicted octanol–water partition coefficient (Wildman–Crippen LogP) is 2.81. The van der Waals surface area contributed by atoms with Gasteiger partial charge in [-0.1, -0.05) is 12.1 Å². The van der Waals surface area contributed by atoms with Gasteiger partial charge in [0.15, 0.2) is 0 Å². The molecule has 21 heavy (non-hydrogen) atoms. The monoisotopic (exact) mass is 282 g/mol. The maximum absolute atomic E-state index is 13.5. The van der Waals surface area contributed by atoms with Gasteiger partial charge in [0, 0.05) is 18.2 Å². The van der Waals surface area contributed by atoms with Crippen LogP contribution in [-0.2, 0) is 6.54 Å². The number of aromatic nitrogens is 3. The number of hydrogen-bond acceptors (Lipinski definition) is 3. The minimum Gasteiger partial charge on any atom is -0.310 e. The molecular weight excluding hydrogens is 267 g/mol. The first-order valence-electron chi connectivity index (χ1n) is 7.11. The van der Waals surface area contributed by atoms with Gasteiger partial charge < -0.3 is 5.32 Å². The van der Waals surface area contributed by atoms with Crippen LogP contribution in [-0.4, -0.2) is 20.6 Å². The SMILES string of the molecule is Fc1cnc(-n2cnc3ccccc32)c(CNC2CC2)c1. The molecule has 1 aliphatic carbocycles. The molecule has 0 aliphatic heterocycles. The van der Waals surface area contributed by atoms with Gasteiger partial charge in [-0.15, -0.1) is 0 Å². The van der Waals surface area contributed by atoms with Gasteiger partial charge in [-0.05, 0) is 31.0 Å². The van der Waals surface area contributed by atoms with E-state index in [2.05, 4.69) is 15.3 Å². The van der Waals surface area contributed by atoms with Crippen LogP contribution in [0.5, 0.6) is 0 Å². The summed E-state index contributed by atoms with van der Waals surface area (Å²) in [7, 11) is 0. The molecule has 1 fully saturated rings. The number of pyridine rings is 1. The van der Waals surface area contributed by atoms with E-state index in [0.717, 1.165) is 22.4 Å². The summed E-state index contributed by atoms with van der Waals surface area (Å²) in [6.45, 7) is 0.622. The quantitative estimate of drug-likeness (QED) is 0.800. The molecule has 2 heterocycles. The zero-order valence-corrected chi connectivity index (χ0v) is 11.5. The van der Waals surface area contributed by atoms with Gasteiger partial charge in [-0.2, -0.15) is 0 Å². The van der Waals surface area contributed by atoms with E-state index in [-0.39, 0.29) is 5.82 Å².